The van der Waals surface area contributed by atoms with Crippen molar-refractivity contribution in [3.8, 4) is 0 Å². The van der Waals surface area contributed by atoms with Gasteiger partial charge in [-0.1, -0.05) is 55.4 Å². The largest absolute Gasteiger partial charge is 0.303 e. The molecule has 0 radical (unpaired) electrons. The zero-order chi connectivity index (χ0) is 16.3. The molecule has 1 heterocycles. The highest BCUT2D eigenvalue weighted by Gasteiger charge is 2.30. The lowest BCUT2D eigenvalue weighted by Gasteiger charge is -2.41. The summed E-state index contributed by atoms with van der Waals surface area (Å²) in [6.07, 6.45) is 5.54. The molecule has 0 amide bonds. The minimum Gasteiger partial charge on any atom is -0.303 e. The third kappa shape index (κ3) is 7.68. The maximum absolute atomic E-state index is 2.73. The van der Waals surface area contributed by atoms with Crippen LogP contribution in [-0.2, 0) is 0 Å². The minimum absolute atomic E-state index is 0.438. The molecule has 0 spiro atoms. The van der Waals surface area contributed by atoms with Gasteiger partial charge in [-0.15, -0.1) is 0 Å². The Morgan fingerprint density at radius 1 is 0.952 bits per heavy atom. The third-order valence-corrected chi connectivity index (χ3v) is 4.94. The summed E-state index contributed by atoms with van der Waals surface area (Å²) in [6, 6.07) is 0. The fourth-order valence-electron chi connectivity index (χ4n) is 4.71. The summed E-state index contributed by atoms with van der Waals surface area (Å²) >= 11 is 0. The lowest BCUT2D eigenvalue weighted by atomic mass is 9.75. The van der Waals surface area contributed by atoms with Crippen LogP contribution in [0.3, 0.4) is 0 Å². The molecule has 1 saturated heterocycles. The summed E-state index contributed by atoms with van der Waals surface area (Å²) in [5.74, 6) is 2.73. The highest BCUT2D eigenvalue weighted by Crippen LogP contribution is 2.35. The maximum atomic E-state index is 2.73. The first-order valence-corrected chi connectivity index (χ1v) is 9.21. The van der Waals surface area contributed by atoms with E-state index in [1.165, 1.54) is 45.3 Å². The highest BCUT2D eigenvalue weighted by atomic mass is 15.1. The van der Waals surface area contributed by atoms with Crippen molar-refractivity contribution in [3.63, 3.8) is 0 Å². The van der Waals surface area contributed by atoms with Crippen LogP contribution in [0.2, 0.25) is 0 Å². The molecule has 1 unspecified atom stereocenters. The molecule has 1 aliphatic heterocycles. The first kappa shape index (κ1) is 19.0. The molecule has 0 saturated carbocycles. The van der Waals surface area contributed by atoms with Gasteiger partial charge >= 0.3 is 0 Å². The van der Waals surface area contributed by atoms with Crippen LogP contribution in [0.5, 0.6) is 0 Å². The van der Waals surface area contributed by atoms with Crippen LogP contribution in [0.25, 0.3) is 0 Å². The van der Waals surface area contributed by atoms with Gasteiger partial charge in [0.05, 0.1) is 0 Å². The number of rotatable bonds is 6. The van der Waals surface area contributed by atoms with Crippen molar-refractivity contribution in [2.75, 3.05) is 19.6 Å². The average Bonchev–Trinajstić information content (AvgIpc) is 2.24. The fraction of sp³-hybridized carbons (Fsp3) is 1.00. The summed E-state index contributed by atoms with van der Waals surface area (Å²) in [4.78, 5) is 2.73. The van der Waals surface area contributed by atoms with Crippen LogP contribution in [0.15, 0.2) is 0 Å². The van der Waals surface area contributed by atoms with E-state index in [0.717, 1.165) is 17.8 Å². The second-order valence-corrected chi connectivity index (χ2v) is 10.1. The van der Waals surface area contributed by atoms with Crippen molar-refractivity contribution in [1.29, 1.82) is 0 Å². The van der Waals surface area contributed by atoms with Crippen molar-refractivity contribution in [2.45, 2.75) is 81.1 Å². The molecule has 126 valence electrons. The van der Waals surface area contributed by atoms with E-state index >= 15 is 0 Å². The normalized spacial score (nSPS) is 21.0. The summed E-state index contributed by atoms with van der Waals surface area (Å²) in [5, 5.41) is 0. The van der Waals surface area contributed by atoms with Gasteiger partial charge in [-0.05, 0) is 67.4 Å². The van der Waals surface area contributed by atoms with E-state index in [9.17, 15) is 0 Å². The quantitative estimate of drug-likeness (QED) is 0.594. The molecular weight excluding hydrogens is 254 g/mol. The molecule has 0 bridgehead atoms. The van der Waals surface area contributed by atoms with Gasteiger partial charge in [0.25, 0.3) is 0 Å². The molecule has 0 aromatic heterocycles. The van der Waals surface area contributed by atoms with Gasteiger partial charge in [-0.25, -0.2) is 0 Å². The summed E-state index contributed by atoms with van der Waals surface area (Å²) in [7, 11) is 0. The molecule has 1 heteroatoms. The van der Waals surface area contributed by atoms with Crippen molar-refractivity contribution >= 4 is 0 Å². The lowest BCUT2D eigenvalue weighted by molar-refractivity contribution is 0.0846. The van der Waals surface area contributed by atoms with E-state index in [4.69, 9.17) is 0 Å². The van der Waals surface area contributed by atoms with Gasteiger partial charge in [0.15, 0.2) is 0 Å². The van der Waals surface area contributed by atoms with E-state index in [-0.39, 0.29) is 0 Å². The summed E-state index contributed by atoms with van der Waals surface area (Å²) in [5.41, 5.74) is 0.877. The zero-order valence-electron chi connectivity index (χ0n) is 16.1. The molecule has 0 aromatic rings. The number of hydrogen-bond donors (Lipinski definition) is 0. The maximum Gasteiger partial charge on any atom is 0.00329 e. The van der Waals surface area contributed by atoms with Gasteiger partial charge in [0.2, 0.25) is 0 Å². The number of likely N-dealkylation sites (tertiary alicyclic amines) is 1. The van der Waals surface area contributed by atoms with E-state index in [1.54, 1.807) is 0 Å². The summed E-state index contributed by atoms with van der Waals surface area (Å²) in [6.45, 7) is 23.1. The Morgan fingerprint density at radius 2 is 1.48 bits per heavy atom. The Labute approximate surface area is 134 Å². The highest BCUT2D eigenvalue weighted by molar-refractivity contribution is 4.83. The Bertz CT molecular complexity index is 289. The molecule has 0 aliphatic carbocycles. The van der Waals surface area contributed by atoms with Crippen molar-refractivity contribution in [1.82, 2.24) is 4.90 Å². The van der Waals surface area contributed by atoms with Crippen molar-refractivity contribution < 1.29 is 0 Å². The predicted molar refractivity (Wildman–Crippen MR) is 95.6 cm³/mol. The van der Waals surface area contributed by atoms with E-state index in [2.05, 4.69) is 60.3 Å². The Morgan fingerprint density at radius 3 is 1.90 bits per heavy atom. The molecule has 1 rings (SSSR count). The zero-order valence-corrected chi connectivity index (χ0v) is 16.1. The van der Waals surface area contributed by atoms with E-state index < -0.39 is 0 Å². The lowest BCUT2D eigenvalue weighted by Crippen LogP contribution is -2.42. The van der Waals surface area contributed by atoms with Crippen LogP contribution in [0.4, 0.5) is 0 Å². The van der Waals surface area contributed by atoms with Gasteiger partial charge < -0.3 is 4.90 Å². The molecule has 1 atom stereocenters. The topological polar surface area (TPSA) is 3.24 Å². The monoisotopic (exact) mass is 295 g/mol. The van der Waals surface area contributed by atoms with E-state index in [1.807, 2.05) is 0 Å². The SMILES string of the molecule is CC(C)CC(C)C1CCN(CC(C)(C)CC(C)(C)C)CC1. The molecule has 21 heavy (non-hydrogen) atoms. The molecule has 1 fully saturated rings. The van der Waals surface area contributed by atoms with Crippen LogP contribution >= 0.6 is 0 Å². The van der Waals surface area contributed by atoms with Crippen LogP contribution in [0.1, 0.15) is 81.1 Å². The van der Waals surface area contributed by atoms with Gasteiger partial charge in [0.1, 0.15) is 0 Å². The summed E-state index contributed by atoms with van der Waals surface area (Å²) < 4.78 is 0. The van der Waals surface area contributed by atoms with Crippen LogP contribution in [0, 0.1) is 28.6 Å². The number of hydrogen-bond acceptors (Lipinski definition) is 1. The van der Waals surface area contributed by atoms with Gasteiger partial charge in [-0.3, -0.25) is 0 Å². The minimum atomic E-state index is 0.438. The van der Waals surface area contributed by atoms with Crippen LogP contribution < -0.4 is 0 Å². The fourth-order valence-corrected chi connectivity index (χ4v) is 4.71. The average molecular weight is 296 g/mol. The number of piperidine rings is 1. The van der Waals surface area contributed by atoms with Gasteiger partial charge in [-0.2, -0.15) is 0 Å². The predicted octanol–water partition coefficient (Wildman–Crippen LogP) is 5.84. The van der Waals surface area contributed by atoms with Gasteiger partial charge in [0, 0.05) is 6.54 Å². The first-order chi connectivity index (χ1) is 9.48. The standard InChI is InChI=1S/C20H41N/c1-16(2)13-17(3)18-9-11-21(12-10-18)15-20(7,8)14-19(4,5)6/h16-18H,9-15H2,1-8H3. The van der Waals surface area contributed by atoms with Crippen molar-refractivity contribution in [2.24, 2.45) is 28.6 Å². The molecule has 0 N–H and O–H groups in total. The Balaban J connectivity index is 2.39. The van der Waals surface area contributed by atoms with E-state index in [0.29, 0.717) is 10.8 Å². The number of nitrogens with zero attached hydrogens (tertiary/aromatic N) is 1. The third-order valence-electron chi connectivity index (χ3n) is 4.94. The van der Waals surface area contributed by atoms with Crippen LogP contribution in [-0.4, -0.2) is 24.5 Å². The van der Waals surface area contributed by atoms with Crippen molar-refractivity contribution in [3.05, 3.63) is 0 Å². The first-order valence-electron chi connectivity index (χ1n) is 9.21. The second kappa shape index (κ2) is 7.49. The molecule has 0 aromatic carbocycles. The Kier molecular flexibility index (Phi) is 6.78. The Hall–Kier alpha value is -0.0400. The molecule has 1 nitrogen and oxygen atoms in total. The molecular formula is C20H41N. The second-order valence-electron chi connectivity index (χ2n) is 10.1. The molecule has 1 aliphatic rings. The smallest absolute Gasteiger partial charge is 0.00329 e.